The van der Waals surface area contributed by atoms with Crippen LogP contribution in [0.5, 0.6) is 0 Å². The van der Waals surface area contributed by atoms with Crippen LogP contribution in [0.4, 0.5) is 0 Å². The molecule has 0 atom stereocenters. The minimum atomic E-state index is -0.0367. The van der Waals surface area contributed by atoms with Crippen LogP contribution in [0.2, 0.25) is 0 Å². The fourth-order valence-corrected chi connectivity index (χ4v) is 3.83. The van der Waals surface area contributed by atoms with E-state index in [0.717, 1.165) is 23.1 Å². The first-order valence-corrected chi connectivity index (χ1v) is 10.5. The zero-order valence-electron chi connectivity index (χ0n) is 17.8. The Morgan fingerprint density at radius 1 is 0.900 bits per heavy atom. The van der Waals surface area contributed by atoms with E-state index in [1.54, 1.807) is 0 Å². The lowest BCUT2D eigenvalue weighted by Crippen LogP contribution is -2.26. The van der Waals surface area contributed by atoms with Crippen molar-refractivity contribution in [3.8, 4) is 11.1 Å². The van der Waals surface area contributed by atoms with Crippen molar-refractivity contribution in [3.63, 3.8) is 0 Å². The quantitative estimate of drug-likeness (QED) is 0.420. The molecule has 4 aromatic rings. The molecular weight excluding hydrogens is 368 g/mol. The van der Waals surface area contributed by atoms with Gasteiger partial charge < -0.3 is 10.3 Å². The van der Waals surface area contributed by atoms with Crippen LogP contribution in [0.3, 0.4) is 0 Å². The van der Waals surface area contributed by atoms with Crippen molar-refractivity contribution in [2.24, 2.45) is 0 Å². The highest BCUT2D eigenvalue weighted by Gasteiger charge is 2.15. The van der Waals surface area contributed by atoms with Gasteiger partial charge in [-0.05, 0) is 46.2 Å². The van der Waals surface area contributed by atoms with Gasteiger partial charge in [0.15, 0.2) is 0 Å². The minimum Gasteiger partial charge on any atom is -0.361 e. The normalized spacial score (nSPS) is 11.6. The molecule has 3 aromatic carbocycles. The molecule has 3 nitrogen and oxygen atoms in total. The van der Waals surface area contributed by atoms with Gasteiger partial charge in [0.25, 0.3) is 5.91 Å². The number of fused-ring (bicyclic) bond motifs is 1. The molecule has 0 spiro atoms. The molecule has 0 aliphatic rings. The van der Waals surface area contributed by atoms with Crippen LogP contribution in [0.15, 0.2) is 79.0 Å². The molecule has 1 amide bonds. The second-order valence-corrected chi connectivity index (χ2v) is 8.74. The van der Waals surface area contributed by atoms with Gasteiger partial charge in [-0.15, -0.1) is 0 Å². The van der Waals surface area contributed by atoms with Crippen LogP contribution < -0.4 is 5.32 Å². The van der Waals surface area contributed by atoms with Crippen molar-refractivity contribution in [2.45, 2.75) is 32.6 Å². The molecule has 0 unspecified atom stereocenters. The molecule has 1 aromatic heterocycles. The van der Waals surface area contributed by atoms with E-state index in [-0.39, 0.29) is 11.3 Å². The van der Waals surface area contributed by atoms with Crippen LogP contribution in [0.1, 0.15) is 42.3 Å². The van der Waals surface area contributed by atoms with Crippen LogP contribution in [0.25, 0.3) is 22.0 Å². The smallest absolute Gasteiger partial charge is 0.251 e. The van der Waals surface area contributed by atoms with E-state index in [9.17, 15) is 4.79 Å². The number of para-hydroxylation sites is 1. The second kappa shape index (κ2) is 8.19. The first-order chi connectivity index (χ1) is 14.4. The lowest BCUT2D eigenvalue weighted by Gasteiger charge is -2.19. The molecule has 0 bridgehead atoms. The number of rotatable bonds is 5. The van der Waals surface area contributed by atoms with Gasteiger partial charge in [-0.25, -0.2) is 0 Å². The van der Waals surface area contributed by atoms with E-state index in [2.05, 4.69) is 67.5 Å². The lowest BCUT2D eigenvalue weighted by molar-refractivity contribution is 0.0955. The highest BCUT2D eigenvalue weighted by atomic mass is 16.1. The fourth-order valence-electron chi connectivity index (χ4n) is 3.83. The summed E-state index contributed by atoms with van der Waals surface area (Å²) < 4.78 is 0. The maximum atomic E-state index is 12.9. The van der Waals surface area contributed by atoms with Crippen molar-refractivity contribution in [2.75, 3.05) is 6.54 Å². The molecule has 152 valence electrons. The van der Waals surface area contributed by atoms with E-state index in [1.807, 2.05) is 42.6 Å². The topological polar surface area (TPSA) is 44.9 Å². The third-order valence-corrected chi connectivity index (χ3v) is 5.59. The van der Waals surface area contributed by atoms with Crippen molar-refractivity contribution in [1.29, 1.82) is 0 Å². The van der Waals surface area contributed by atoms with E-state index in [4.69, 9.17) is 0 Å². The molecule has 0 saturated carbocycles. The Bertz CT molecular complexity index is 1160. The number of aromatic amines is 1. The summed E-state index contributed by atoms with van der Waals surface area (Å²) in [7, 11) is 0. The number of carbonyl (C=O) groups is 1. The molecular formula is C27H28N2O. The third-order valence-electron chi connectivity index (χ3n) is 5.59. The SMILES string of the molecule is CC(C)(C)c1ccc(-c2ccccc2C(=O)NCCc2c[nH]c3ccccc23)cc1. The highest BCUT2D eigenvalue weighted by molar-refractivity contribution is 6.00. The van der Waals surface area contributed by atoms with E-state index < -0.39 is 0 Å². The summed E-state index contributed by atoms with van der Waals surface area (Å²) in [5, 5.41) is 4.31. The Kier molecular flexibility index (Phi) is 5.45. The number of hydrogen-bond acceptors (Lipinski definition) is 1. The van der Waals surface area contributed by atoms with E-state index >= 15 is 0 Å². The monoisotopic (exact) mass is 396 g/mol. The predicted octanol–water partition coefficient (Wildman–Crippen LogP) is 6.10. The molecule has 3 heteroatoms. The van der Waals surface area contributed by atoms with Crippen molar-refractivity contribution >= 4 is 16.8 Å². The first-order valence-electron chi connectivity index (χ1n) is 10.5. The average molecular weight is 397 g/mol. The molecule has 0 saturated heterocycles. The molecule has 30 heavy (non-hydrogen) atoms. The van der Waals surface area contributed by atoms with Gasteiger partial charge >= 0.3 is 0 Å². The average Bonchev–Trinajstić information content (AvgIpc) is 3.16. The van der Waals surface area contributed by atoms with Gasteiger partial charge in [0.1, 0.15) is 0 Å². The van der Waals surface area contributed by atoms with Crippen molar-refractivity contribution in [1.82, 2.24) is 10.3 Å². The molecule has 2 N–H and O–H groups in total. The number of aromatic nitrogens is 1. The largest absolute Gasteiger partial charge is 0.361 e. The van der Waals surface area contributed by atoms with E-state index in [0.29, 0.717) is 12.1 Å². The molecule has 0 aliphatic carbocycles. The Hall–Kier alpha value is -3.33. The number of hydrogen-bond donors (Lipinski definition) is 2. The van der Waals surface area contributed by atoms with Crippen molar-refractivity contribution < 1.29 is 4.79 Å². The molecule has 0 fully saturated rings. The summed E-state index contributed by atoms with van der Waals surface area (Å²) in [6.07, 6.45) is 2.82. The maximum Gasteiger partial charge on any atom is 0.251 e. The second-order valence-electron chi connectivity index (χ2n) is 8.74. The van der Waals surface area contributed by atoms with Crippen LogP contribution in [-0.2, 0) is 11.8 Å². The number of benzene rings is 3. The van der Waals surface area contributed by atoms with Crippen LogP contribution >= 0.6 is 0 Å². The Labute approximate surface area is 178 Å². The number of amides is 1. The van der Waals surface area contributed by atoms with Crippen LogP contribution in [-0.4, -0.2) is 17.4 Å². The Morgan fingerprint density at radius 2 is 1.60 bits per heavy atom. The summed E-state index contributed by atoms with van der Waals surface area (Å²) in [5.74, 6) is -0.0367. The van der Waals surface area contributed by atoms with Gasteiger partial charge in [0.2, 0.25) is 0 Å². The number of H-pyrrole nitrogens is 1. The third kappa shape index (κ3) is 4.16. The summed E-state index contributed by atoms with van der Waals surface area (Å²) in [4.78, 5) is 16.2. The van der Waals surface area contributed by atoms with Gasteiger partial charge in [-0.1, -0.05) is 81.4 Å². The van der Waals surface area contributed by atoms with Crippen LogP contribution in [0, 0.1) is 0 Å². The standard InChI is InChI=1S/C27H28N2O/c1-27(2,3)21-14-12-19(13-15-21)22-8-4-5-10-24(22)26(30)28-17-16-20-18-29-25-11-7-6-9-23(20)25/h4-15,18,29H,16-17H2,1-3H3,(H,28,30). The zero-order valence-corrected chi connectivity index (χ0v) is 17.8. The van der Waals surface area contributed by atoms with Gasteiger partial charge in [-0.3, -0.25) is 4.79 Å². The summed E-state index contributed by atoms with van der Waals surface area (Å²) in [6.45, 7) is 7.21. The van der Waals surface area contributed by atoms with Crippen molar-refractivity contribution in [3.05, 3.63) is 95.7 Å². The lowest BCUT2D eigenvalue weighted by atomic mass is 9.86. The Morgan fingerprint density at radius 3 is 2.37 bits per heavy atom. The summed E-state index contributed by atoms with van der Waals surface area (Å²) in [6, 6.07) is 24.6. The molecule has 0 radical (unpaired) electrons. The summed E-state index contributed by atoms with van der Waals surface area (Å²) in [5.41, 5.74) is 6.47. The molecule has 1 heterocycles. The van der Waals surface area contributed by atoms with Gasteiger partial charge in [0.05, 0.1) is 0 Å². The minimum absolute atomic E-state index is 0.0367. The molecule has 0 aliphatic heterocycles. The predicted molar refractivity (Wildman–Crippen MR) is 125 cm³/mol. The molecule has 4 rings (SSSR count). The summed E-state index contributed by atoms with van der Waals surface area (Å²) >= 11 is 0. The fraction of sp³-hybridized carbons (Fsp3) is 0.222. The van der Waals surface area contributed by atoms with Gasteiger partial charge in [-0.2, -0.15) is 0 Å². The maximum absolute atomic E-state index is 12.9. The van der Waals surface area contributed by atoms with E-state index in [1.165, 1.54) is 16.5 Å². The highest BCUT2D eigenvalue weighted by Crippen LogP contribution is 2.28. The van der Waals surface area contributed by atoms with Gasteiger partial charge in [0, 0.05) is 29.2 Å². The Balaban J connectivity index is 1.48. The number of nitrogens with one attached hydrogen (secondary N) is 2. The first kappa shape index (κ1) is 20.0. The zero-order chi connectivity index (χ0) is 21.1. The number of carbonyl (C=O) groups excluding carboxylic acids is 1.